The van der Waals surface area contributed by atoms with Crippen LogP contribution in [0.4, 0.5) is 0 Å². The zero-order valence-corrected chi connectivity index (χ0v) is 11.5. The molecular weight excluding hydrogens is 240 g/mol. The third kappa shape index (κ3) is 3.86. The van der Waals surface area contributed by atoms with Gasteiger partial charge in [0.25, 0.3) is 0 Å². The molecule has 5 nitrogen and oxygen atoms in total. The van der Waals surface area contributed by atoms with E-state index in [1.807, 2.05) is 25.1 Å². The van der Waals surface area contributed by atoms with Gasteiger partial charge in [-0.05, 0) is 44.4 Å². The average Bonchev–Trinajstić information content (AvgIpc) is 2.85. The van der Waals surface area contributed by atoms with Gasteiger partial charge in [-0.25, -0.2) is 4.98 Å². The maximum atomic E-state index is 5.53. The highest BCUT2D eigenvalue weighted by Gasteiger charge is 2.11. The number of nitrogens with zero attached hydrogens (tertiary/aromatic N) is 3. The molecule has 102 valence electrons. The molecule has 0 spiro atoms. The van der Waals surface area contributed by atoms with Crippen molar-refractivity contribution >= 4 is 0 Å². The predicted octanol–water partition coefficient (Wildman–Crippen LogP) is 2.36. The summed E-state index contributed by atoms with van der Waals surface area (Å²) in [5.41, 5.74) is 7.23. The van der Waals surface area contributed by atoms with Crippen molar-refractivity contribution < 1.29 is 4.52 Å². The van der Waals surface area contributed by atoms with Crippen LogP contribution in [0.2, 0.25) is 0 Å². The maximum Gasteiger partial charge on any atom is 0.227 e. The first kappa shape index (κ1) is 13.7. The van der Waals surface area contributed by atoms with E-state index in [9.17, 15) is 0 Å². The quantitative estimate of drug-likeness (QED) is 0.862. The fourth-order valence-electron chi connectivity index (χ4n) is 1.93. The van der Waals surface area contributed by atoms with E-state index >= 15 is 0 Å². The number of hydrogen-bond acceptors (Lipinski definition) is 5. The van der Waals surface area contributed by atoms with E-state index in [4.69, 9.17) is 10.3 Å². The summed E-state index contributed by atoms with van der Waals surface area (Å²) in [6.45, 7) is 4.86. The molecule has 2 heterocycles. The first-order valence-corrected chi connectivity index (χ1v) is 6.65. The van der Waals surface area contributed by atoms with Crippen LogP contribution >= 0.6 is 0 Å². The summed E-state index contributed by atoms with van der Waals surface area (Å²) in [7, 11) is 0. The van der Waals surface area contributed by atoms with E-state index in [-0.39, 0.29) is 0 Å². The second-order valence-corrected chi connectivity index (χ2v) is 4.90. The number of rotatable bonds is 6. The van der Waals surface area contributed by atoms with Crippen molar-refractivity contribution in [2.24, 2.45) is 11.7 Å². The monoisotopic (exact) mass is 260 g/mol. The lowest BCUT2D eigenvalue weighted by atomic mass is 10.0. The van der Waals surface area contributed by atoms with Crippen LogP contribution in [0.15, 0.2) is 22.7 Å². The van der Waals surface area contributed by atoms with E-state index < -0.39 is 0 Å². The SMILES string of the molecule is Cc1cccc(-c2noc(CCC(C)CCN)n2)n1. The molecule has 0 radical (unpaired) electrons. The van der Waals surface area contributed by atoms with Gasteiger partial charge in [0.2, 0.25) is 11.7 Å². The highest BCUT2D eigenvalue weighted by atomic mass is 16.5. The Labute approximate surface area is 113 Å². The third-order valence-corrected chi connectivity index (χ3v) is 3.10. The molecule has 0 aliphatic heterocycles. The summed E-state index contributed by atoms with van der Waals surface area (Å²) in [4.78, 5) is 8.76. The molecule has 5 heteroatoms. The van der Waals surface area contributed by atoms with Crippen molar-refractivity contribution in [1.82, 2.24) is 15.1 Å². The van der Waals surface area contributed by atoms with Crippen LogP contribution < -0.4 is 5.73 Å². The molecule has 2 rings (SSSR count). The first-order valence-electron chi connectivity index (χ1n) is 6.65. The Morgan fingerprint density at radius 1 is 1.26 bits per heavy atom. The Morgan fingerprint density at radius 3 is 2.84 bits per heavy atom. The van der Waals surface area contributed by atoms with Crippen molar-refractivity contribution in [3.05, 3.63) is 29.8 Å². The van der Waals surface area contributed by atoms with Crippen molar-refractivity contribution in [2.75, 3.05) is 6.54 Å². The zero-order valence-electron chi connectivity index (χ0n) is 11.5. The normalized spacial score (nSPS) is 12.6. The highest BCUT2D eigenvalue weighted by molar-refractivity contribution is 5.47. The van der Waals surface area contributed by atoms with Crippen LogP contribution in [-0.2, 0) is 6.42 Å². The number of hydrogen-bond donors (Lipinski definition) is 1. The lowest BCUT2D eigenvalue weighted by molar-refractivity contribution is 0.362. The minimum absolute atomic E-state index is 0.560. The summed E-state index contributed by atoms with van der Waals surface area (Å²) in [5, 5.41) is 3.98. The van der Waals surface area contributed by atoms with E-state index in [1.165, 1.54) is 0 Å². The Kier molecular flexibility index (Phi) is 4.63. The molecule has 0 saturated heterocycles. The number of nitrogens with two attached hydrogens (primary N) is 1. The van der Waals surface area contributed by atoms with Crippen molar-refractivity contribution in [3.63, 3.8) is 0 Å². The van der Waals surface area contributed by atoms with E-state index in [1.54, 1.807) is 0 Å². The van der Waals surface area contributed by atoms with Crippen molar-refractivity contribution in [3.8, 4) is 11.5 Å². The van der Waals surface area contributed by atoms with Crippen LogP contribution in [-0.4, -0.2) is 21.7 Å². The van der Waals surface area contributed by atoms with Gasteiger partial charge in [0.1, 0.15) is 5.69 Å². The molecule has 0 bridgehead atoms. The molecule has 0 aliphatic rings. The lowest BCUT2D eigenvalue weighted by Gasteiger charge is -2.06. The molecular formula is C14H20N4O. The molecule has 1 unspecified atom stereocenters. The van der Waals surface area contributed by atoms with E-state index in [2.05, 4.69) is 22.0 Å². The molecule has 0 aliphatic carbocycles. The summed E-state index contributed by atoms with van der Waals surface area (Å²) in [5.74, 6) is 1.81. The molecule has 0 aromatic carbocycles. The molecule has 1 atom stereocenters. The third-order valence-electron chi connectivity index (χ3n) is 3.10. The zero-order chi connectivity index (χ0) is 13.7. The fraction of sp³-hybridized carbons (Fsp3) is 0.500. The van der Waals surface area contributed by atoms with Crippen LogP contribution in [0, 0.1) is 12.8 Å². The smallest absolute Gasteiger partial charge is 0.227 e. The average molecular weight is 260 g/mol. The minimum atomic E-state index is 0.560. The van der Waals surface area contributed by atoms with E-state index in [0.717, 1.165) is 37.2 Å². The Morgan fingerprint density at radius 2 is 2.11 bits per heavy atom. The molecule has 0 amide bonds. The van der Waals surface area contributed by atoms with Gasteiger partial charge in [0, 0.05) is 12.1 Å². The number of pyridine rings is 1. The highest BCUT2D eigenvalue weighted by Crippen LogP contribution is 2.16. The molecule has 2 aromatic rings. The summed E-state index contributed by atoms with van der Waals surface area (Å²) < 4.78 is 5.26. The molecule has 2 N–H and O–H groups in total. The van der Waals surface area contributed by atoms with Gasteiger partial charge in [-0.3, -0.25) is 0 Å². The van der Waals surface area contributed by atoms with Gasteiger partial charge < -0.3 is 10.3 Å². The van der Waals surface area contributed by atoms with Gasteiger partial charge >= 0.3 is 0 Å². The Hall–Kier alpha value is -1.75. The van der Waals surface area contributed by atoms with Crippen molar-refractivity contribution in [2.45, 2.75) is 33.1 Å². The second kappa shape index (κ2) is 6.43. The predicted molar refractivity (Wildman–Crippen MR) is 73.4 cm³/mol. The molecule has 2 aromatic heterocycles. The summed E-state index contributed by atoms with van der Waals surface area (Å²) in [6, 6.07) is 5.77. The summed E-state index contributed by atoms with van der Waals surface area (Å²) in [6.07, 6.45) is 2.83. The van der Waals surface area contributed by atoms with Crippen LogP contribution in [0.25, 0.3) is 11.5 Å². The van der Waals surface area contributed by atoms with Gasteiger partial charge in [0.15, 0.2) is 0 Å². The molecule has 0 saturated carbocycles. The van der Waals surface area contributed by atoms with Gasteiger partial charge in [-0.1, -0.05) is 18.1 Å². The van der Waals surface area contributed by atoms with Crippen LogP contribution in [0.5, 0.6) is 0 Å². The minimum Gasteiger partial charge on any atom is -0.339 e. The number of aromatic nitrogens is 3. The molecule has 0 fully saturated rings. The van der Waals surface area contributed by atoms with Crippen molar-refractivity contribution in [1.29, 1.82) is 0 Å². The standard InChI is InChI=1S/C14H20N4O/c1-10(8-9-15)6-7-13-17-14(18-19-13)12-5-3-4-11(2)16-12/h3-5,10H,6-9,15H2,1-2H3. The van der Waals surface area contributed by atoms with Crippen LogP contribution in [0.3, 0.4) is 0 Å². The Balaban J connectivity index is 1.99. The summed E-state index contributed by atoms with van der Waals surface area (Å²) >= 11 is 0. The second-order valence-electron chi connectivity index (χ2n) is 4.90. The maximum absolute atomic E-state index is 5.53. The molecule has 19 heavy (non-hydrogen) atoms. The van der Waals surface area contributed by atoms with Gasteiger partial charge in [-0.15, -0.1) is 0 Å². The van der Waals surface area contributed by atoms with E-state index in [0.29, 0.717) is 17.6 Å². The largest absolute Gasteiger partial charge is 0.339 e. The topological polar surface area (TPSA) is 77.8 Å². The fourth-order valence-corrected chi connectivity index (χ4v) is 1.93. The number of aryl methyl sites for hydroxylation is 2. The Bertz CT molecular complexity index is 524. The first-order chi connectivity index (χ1) is 9.19. The van der Waals surface area contributed by atoms with Crippen LogP contribution in [0.1, 0.15) is 31.4 Å². The van der Waals surface area contributed by atoms with Gasteiger partial charge in [-0.2, -0.15) is 4.98 Å². The lowest BCUT2D eigenvalue weighted by Crippen LogP contribution is -2.06. The van der Waals surface area contributed by atoms with Gasteiger partial charge in [0.05, 0.1) is 0 Å².